The number of nitrogens with zero attached hydrogens (tertiary/aromatic N) is 4. The van der Waals surface area contributed by atoms with Crippen molar-refractivity contribution in [1.29, 1.82) is 0 Å². The summed E-state index contributed by atoms with van der Waals surface area (Å²) in [6, 6.07) is 6.53. The van der Waals surface area contributed by atoms with Crippen LogP contribution in [0.3, 0.4) is 0 Å². The van der Waals surface area contributed by atoms with Gasteiger partial charge in [-0.05, 0) is 44.9 Å². The first-order chi connectivity index (χ1) is 15.2. The summed E-state index contributed by atoms with van der Waals surface area (Å²) in [5, 5.41) is -0.0198. The Balaban J connectivity index is 1.80. The van der Waals surface area contributed by atoms with Gasteiger partial charge in [0.2, 0.25) is 5.95 Å². The Morgan fingerprint density at radius 3 is 2.41 bits per heavy atom. The van der Waals surface area contributed by atoms with Gasteiger partial charge in [0.25, 0.3) is 14.5 Å². The summed E-state index contributed by atoms with van der Waals surface area (Å²) in [7, 11) is -4.26. The first-order valence-electron chi connectivity index (χ1n) is 9.66. The summed E-state index contributed by atoms with van der Waals surface area (Å²) >= 11 is 7.96. The van der Waals surface area contributed by atoms with Gasteiger partial charge in [0, 0.05) is 36.4 Å². The summed E-state index contributed by atoms with van der Waals surface area (Å²) in [5.41, 5.74) is 1.20. The minimum absolute atomic E-state index is 0.000770. The molecule has 2 heterocycles. The molecule has 3 rings (SSSR count). The van der Waals surface area contributed by atoms with Crippen LogP contribution in [-0.2, 0) is 10.0 Å². The molecule has 1 aliphatic rings. The van der Waals surface area contributed by atoms with Crippen LogP contribution in [0.4, 0.5) is 15.5 Å². The molecular formula is C19H22ClN5O4S3. The number of nitrogens with one attached hydrogen (secondary N) is 1. The van der Waals surface area contributed by atoms with Crippen molar-refractivity contribution < 1.29 is 18.0 Å². The van der Waals surface area contributed by atoms with Crippen molar-refractivity contribution in [3.05, 3.63) is 46.7 Å². The maximum Gasteiger partial charge on any atom is 0.338 e. The van der Waals surface area contributed by atoms with Crippen molar-refractivity contribution in [3.8, 4) is 0 Å². The lowest BCUT2D eigenvalue weighted by atomic mass is 10.3. The van der Waals surface area contributed by atoms with E-state index in [9.17, 15) is 18.0 Å². The number of halogens is 1. The first-order valence-corrected chi connectivity index (χ1v) is 13.3. The number of carbonyl (C=O) groups excluding carboxylic acids is 2. The van der Waals surface area contributed by atoms with Crippen LogP contribution in [-0.4, -0.2) is 52.1 Å². The predicted molar refractivity (Wildman–Crippen MR) is 127 cm³/mol. The molecule has 0 bridgehead atoms. The quantitative estimate of drug-likeness (QED) is 0.446. The molecule has 0 spiro atoms. The van der Waals surface area contributed by atoms with Gasteiger partial charge < -0.3 is 0 Å². The van der Waals surface area contributed by atoms with Crippen LogP contribution in [0.2, 0.25) is 5.02 Å². The van der Waals surface area contributed by atoms with Crippen molar-refractivity contribution in [2.24, 2.45) is 0 Å². The highest BCUT2D eigenvalue weighted by Crippen LogP contribution is 2.27. The molecular weight excluding hydrogens is 494 g/mol. The number of sulfonamides is 1. The van der Waals surface area contributed by atoms with Crippen molar-refractivity contribution in [2.75, 3.05) is 23.9 Å². The molecule has 1 saturated heterocycles. The van der Waals surface area contributed by atoms with Crippen LogP contribution < -0.4 is 9.62 Å². The Morgan fingerprint density at radius 1 is 1.16 bits per heavy atom. The van der Waals surface area contributed by atoms with Gasteiger partial charge in [-0.1, -0.05) is 35.5 Å². The fourth-order valence-electron chi connectivity index (χ4n) is 2.95. The molecule has 0 atom stereocenters. The van der Waals surface area contributed by atoms with E-state index in [0.29, 0.717) is 11.4 Å². The van der Waals surface area contributed by atoms with E-state index >= 15 is 0 Å². The van der Waals surface area contributed by atoms with Crippen LogP contribution in [0.15, 0.2) is 35.2 Å². The van der Waals surface area contributed by atoms with Crippen LogP contribution in [0.1, 0.15) is 24.2 Å². The molecule has 1 fully saturated rings. The van der Waals surface area contributed by atoms with Crippen LogP contribution >= 0.6 is 35.3 Å². The highest BCUT2D eigenvalue weighted by molar-refractivity contribution is 8.37. The Labute approximate surface area is 200 Å². The van der Waals surface area contributed by atoms with Gasteiger partial charge in [0.1, 0.15) is 4.90 Å². The lowest BCUT2D eigenvalue weighted by Crippen LogP contribution is -2.44. The number of thioether (sulfide) groups is 1. The van der Waals surface area contributed by atoms with Crippen molar-refractivity contribution in [1.82, 2.24) is 19.0 Å². The maximum atomic E-state index is 13.0. The minimum Gasteiger partial charge on any atom is -0.273 e. The van der Waals surface area contributed by atoms with Gasteiger partial charge in [-0.3, -0.25) is 9.69 Å². The molecule has 13 heteroatoms. The van der Waals surface area contributed by atoms with Crippen molar-refractivity contribution in [2.45, 2.75) is 31.6 Å². The monoisotopic (exact) mass is 515 g/mol. The molecule has 9 nitrogen and oxygen atoms in total. The second-order valence-corrected chi connectivity index (χ2v) is 11.3. The summed E-state index contributed by atoms with van der Waals surface area (Å²) < 4.78 is 29.2. The topological polar surface area (TPSA) is 113 Å². The number of urea groups is 1. The highest BCUT2D eigenvalue weighted by Gasteiger charge is 2.28. The third kappa shape index (κ3) is 6.58. The summed E-state index contributed by atoms with van der Waals surface area (Å²) in [6.07, 6.45) is 2.07. The zero-order chi connectivity index (χ0) is 23.3. The van der Waals surface area contributed by atoms with E-state index in [1.165, 1.54) is 18.2 Å². The number of hydrogen-bond acceptors (Lipinski definition) is 9. The molecule has 1 aromatic heterocycles. The average molecular weight is 516 g/mol. The van der Waals surface area contributed by atoms with E-state index in [1.807, 2.05) is 9.03 Å². The lowest BCUT2D eigenvalue weighted by molar-refractivity contribution is 0.251. The molecule has 1 aliphatic heterocycles. The molecule has 1 N–H and O–H groups in total. The number of benzene rings is 1. The van der Waals surface area contributed by atoms with E-state index in [-0.39, 0.29) is 26.2 Å². The van der Waals surface area contributed by atoms with Gasteiger partial charge in [0.05, 0.1) is 10.9 Å². The van der Waals surface area contributed by atoms with Gasteiger partial charge in [0.15, 0.2) is 0 Å². The Kier molecular flexibility index (Phi) is 8.39. The predicted octanol–water partition coefficient (Wildman–Crippen LogP) is 4.21. The van der Waals surface area contributed by atoms with E-state index in [4.69, 9.17) is 11.6 Å². The molecule has 32 heavy (non-hydrogen) atoms. The second-order valence-electron chi connectivity index (χ2n) is 6.97. The van der Waals surface area contributed by atoms with Crippen LogP contribution in [0.25, 0.3) is 0 Å². The molecule has 0 unspecified atom stereocenters. The molecule has 2 amide bonds. The zero-order valence-electron chi connectivity index (χ0n) is 17.4. The standard InChI is InChI=1S/C19H22ClN5O4S3/c1-13-11-14(2)22-17(21-13)25(12-30-19(27)31-24-9-5-6-10-24)18(26)23-32(28,29)16-8-4-3-7-15(16)20/h3-4,7-8,11H,5-6,9-10,12H2,1-2H3,(H,23,26). The van der Waals surface area contributed by atoms with E-state index < -0.39 is 16.1 Å². The maximum absolute atomic E-state index is 13.0. The Morgan fingerprint density at radius 2 is 1.78 bits per heavy atom. The number of hydrogen-bond donors (Lipinski definition) is 1. The van der Waals surface area contributed by atoms with Gasteiger partial charge in [-0.2, -0.15) is 0 Å². The molecule has 0 radical (unpaired) electrons. The number of aryl methyl sites for hydroxylation is 2. The molecule has 1 aromatic carbocycles. The number of anilines is 1. The SMILES string of the molecule is Cc1cc(C)nc(N(CSC(=O)SN2CCCC2)C(=O)NS(=O)(=O)c2ccccc2Cl)n1. The molecule has 2 aromatic rings. The number of amides is 2. The smallest absolute Gasteiger partial charge is 0.273 e. The van der Waals surface area contributed by atoms with Gasteiger partial charge in [-0.25, -0.2) is 32.2 Å². The average Bonchev–Trinajstić information content (AvgIpc) is 3.20. The molecule has 0 saturated carbocycles. The third-order valence-electron chi connectivity index (χ3n) is 4.39. The summed E-state index contributed by atoms with van der Waals surface area (Å²) in [6.45, 7) is 5.13. The van der Waals surface area contributed by atoms with Gasteiger partial charge >= 0.3 is 6.03 Å². The first kappa shape index (κ1) is 24.8. The van der Waals surface area contributed by atoms with Crippen LogP contribution in [0, 0.1) is 13.8 Å². The Bertz CT molecular complexity index is 1090. The lowest BCUT2D eigenvalue weighted by Gasteiger charge is -2.21. The van der Waals surface area contributed by atoms with Crippen LogP contribution in [0.5, 0.6) is 0 Å². The Hall–Kier alpha value is -1.86. The fourth-order valence-corrected chi connectivity index (χ4v) is 6.23. The normalized spacial score (nSPS) is 14.3. The summed E-state index contributed by atoms with van der Waals surface area (Å²) in [5.74, 6) is -0.160. The fraction of sp³-hybridized carbons (Fsp3) is 0.368. The largest absolute Gasteiger partial charge is 0.338 e. The van der Waals surface area contributed by atoms with E-state index in [1.54, 1.807) is 26.0 Å². The highest BCUT2D eigenvalue weighted by atomic mass is 35.5. The number of carbonyl (C=O) groups is 2. The van der Waals surface area contributed by atoms with E-state index in [2.05, 4.69) is 9.97 Å². The molecule has 172 valence electrons. The third-order valence-corrected chi connectivity index (χ3v) is 8.18. The number of aromatic nitrogens is 2. The number of rotatable bonds is 6. The minimum atomic E-state index is -4.26. The van der Waals surface area contributed by atoms with Crippen molar-refractivity contribution >= 4 is 61.8 Å². The second kappa shape index (κ2) is 10.8. The van der Waals surface area contributed by atoms with Crippen molar-refractivity contribution in [3.63, 3.8) is 0 Å². The summed E-state index contributed by atoms with van der Waals surface area (Å²) in [4.78, 5) is 34.7. The van der Waals surface area contributed by atoms with E-state index in [0.717, 1.165) is 54.5 Å². The molecule has 0 aliphatic carbocycles. The zero-order valence-corrected chi connectivity index (χ0v) is 20.7. The van der Waals surface area contributed by atoms with Gasteiger partial charge in [-0.15, -0.1) is 0 Å².